The Bertz CT molecular complexity index is 500. The predicted octanol–water partition coefficient (Wildman–Crippen LogP) is 2.57. The summed E-state index contributed by atoms with van der Waals surface area (Å²) >= 11 is 0. The van der Waals surface area contributed by atoms with E-state index in [4.69, 9.17) is 4.74 Å². The zero-order valence-corrected chi connectivity index (χ0v) is 14.2. The van der Waals surface area contributed by atoms with Gasteiger partial charge in [-0.3, -0.25) is 4.79 Å². The molecule has 0 atom stereocenters. The van der Waals surface area contributed by atoms with E-state index in [9.17, 15) is 4.79 Å². The minimum Gasteiger partial charge on any atom is -0.483 e. The average Bonchev–Trinajstić information content (AvgIpc) is 2.52. The maximum atomic E-state index is 12.3. The van der Waals surface area contributed by atoms with Crippen LogP contribution < -0.4 is 10.1 Å². The van der Waals surface area contributed by atoms with Crippen molar-refractivity contribution in [1.29, 1.82) is 0 Å². The van der Waals surface area contributed by atoms with Gasteiger partial charge in [0.15, 0.2) is 6.61 Å². The lowest BCUT2D eigenvalue weighted by Gasteiger charge is -2.32. The summed E-state index contributed by atoms with van der Waals surface area (Å²) in [5.74, 6) is 0.895. The molecule has 1 N–H and O–H groups in total. The van der Waals surface area contributed by atoms with Crippen molar-refractivity contribution in [3.8, 4) is 5.75 Å². The Kier molecular flexibility index (Phi) is 5.46. The van der Waals surface area contributed by atoms with Crippen molar-refractivity contribution in [2.75, 3.05) is 26.7 Å². The molecule has 0 saturated carbocycles. The van der Waals surface area contributed by atoms with Crippen LogP contribution in [0.25, 0.3) is 0 Å². The first-order valence-corrected chi connectivity index (χ1v) is 8.09. The Labute approximate surface area is 133 Å². The highest BCUT2D eigenvalue weighted by Crippen LogP contribution is 2.30. The number of carbonyl (C=O) groups excluding carboxylic acids is 1. The number of nitrogens with one attached hydrogen (secondary N) is 1. The average molecular weight is 304 g/mol. The molecule has 22 heavy (non-hydrogen) atoms. The summed E-state index contributed by atoms with van der Waals surface area (Å²) in [4.78, 5) is 14.2. The molecule has 0 unspecified atom stereocenters. The largest absolute Gasteiger partial charge is 0.483 e. The fourth-order valence-corrected chi connectivity index (χ4v) is 2.86. The number of amides is 1. The van der Waals surface area contributed by atoms with Gasteiger partial charge in [0.25, 0.3) is 5.91 Å². The summed E-state index contributed by atoms with van der Waals surface area (Å²) in [6.45, 7) is 8.21. The maximum absolute atomic E-state index is 12.3. The van der Waals surface area contributed by atoms with Gasteiger partial charge in [0.1, 0.15) is 5.75 Å². The van der Waals surface area contributed by atoms with E-state index in [0.29, 0.717) is 6.04 Å². The van der Waals surface area contributed by atoms with E-state index in [0.717, 1.165) is 37.2 Å². The van der Waals surface area contributed by atoms with Crippen molar-refractivity contribution in [1.82, 2.24) is 10.2 Å². The van der Waals surface area contributed by atoms with Crippen molar-refractivity contribution in [2.24, 2.45) is 0 Å². The fraction of sp³-hybridized carbons (Fsp3) is 0.611. The highest BCUT2D eigenvalue weighted by molar-refractivity contribution is 5.78. The van der Waals surface area contributed by atoms with Gasteiger partial charge >= 0.3 is 0 Å². The summed E-state index contributed by atoms with van der Waals surface area (Å²) in [6, 6.07) is 8.51. The normalized spacial score (nSPS) is 16.6. The van der Waals surface area contributed by atoms with E-state index in [-0.39, 0.29) is 17.9 Å². The Morgan fingerprint density at radius 2 is 1.91 bits per heavy atom. The number of nitrogens with zero attached hydrogens (tertiary/aromatic N) is 1. The van der Waals surface area contributed by atoms with Crippen molar-refractivity contribution >= 4 is 5.91 Å². The van der Waals surface area contributed by atoms with E-state index in [1.165, 1.54) is 0 Å². The molecule has 0 bridgehead atoms. The molecule has 1 heterocycles. The van der Waals surface area contributed by atoms with Gasteiger partial charge in [0.2, 0.25) is 0 Å². The van der Waals surface area contributed by atoms with E-state index < -0.39 is 0 Å². The van der Waals surface area contributed by atoms with E-state index in [1.807, 2.05) is 30.1 Å². The van der Waals surface area contributed by atoms with Gasteiger partial charge in [-0.2, -0.15) is 0 Å². The van der Waals surface area contributed by atoms with E-state index in [1.54, 1.807) is 0 Å². The first-order valence-electron chi connectivity index (χ1n) is 8.09. The molecule has 2 rings (SSSR count). The molecular formula is C18H28N2O2. The lowest BCUT2D eigenvalue weighted by molar-refractivity contribution is -0.134. The third kappa shape index (κ3) is 4.23. The molecule has 1 aromatic carbocycles. The second-order valence-electron chi connectivity index (χ2n) is 6.98. The van der Waals surface area contributed by atoms with E-state index >= 15 is 0 Å². The van der Waals surface area contributed by atoms with Crippen molar-refractivity contribution in [3.63, 3.8) is 0 Å². The number of carbonyl (C=O) groups is 1. The number of ether oxygens (including phenoxy) is 1. The first-order chi connectivity index (χ1) is 10.4. The SMILES string of the molecule is CNC1CCN(C(=O)COc2ccccc2C(C)(C)C)CC1. The lowest BCUT2D eigenvalue weighted by atomic mass is 9.86. The third-order valence-electron chi connectivity index (χ3n) is 4.30. The minimum absolute atomic E-state index is 0.00474. The van der Waals surface area contributed by atoms with Crippen LogP contribution in [0.2, 0.25) is 0 Å². The fourth-order valence-electron chi connectivity index (χ4n) is 2.86. The zero-order chi connectivity index (χ0) is 16.2. The quantitative estimate of drug-likeness (QED) is 0.929. The highest BCUT2D eigenvalue weighted by atomic mass is 16.5. The van der Waals surface area contributed by atoms with Crippen LogP contribution in [0.1, 0.15) is 39.2 Å². The number of piperidine rings is 1. The van der Waals surface area contributed by atoms with Crippen LogP contribution in [0.4, 0.5) is 0 Å². The molecule has 0 radical (unpaired) electrons. The van der Waals surface area contributed by atoms with Crippen molar-refractivity contribution < 1.29 is 9.53 Å². The number of hydrogen-bond donors (Lipinski definition) is 1. The molecule has 1 amide bonds. The van der Waals surface area contributed by atoms with Gasteiger partial charge in [-0.25, -0.2) is 0 Å². The summed E-state index contributed by atoms with van der Waals surface area (Å²) in [7, 11) is 1.98. The summed E-state index contributed by atoms with van der Waals surface area (Å²) < 4.78 is 5.83. The molecule has 1 saturated heterocycles. The predicted molar refractivity (Wildman–Crippen MR) is 89.3 cm³/mol. The molecule has 1 fully saturated rings. The Morgan fingerprint density at radius 3 is 2.50 bits per heavy atom. The second-order valence-corrected chi connectivity index (χ2v) is 6.98. The van der Waals surface area contributed by atoms with Crippen LogP contribution in [0, 0.1) is 0 Å². The number of para-hydroxylation sites is 1. The van der Waals surface area contributed by atoms with Gasteiger partial charge in [-0.05, 0) is 36.9 Å². The molecule has 0 aliphatic carbocycles. The summed E-state index contributed by atoms with van der Waals surface area (Å²) in [6.07, 6.45) is 2.03. The maximum Gasteiger partial charge on any atom is 0.260 e. The van der Waals surface area contributed by atoms with Gasteiger partial charge in [0.05, 0.1) is 0 Å². The number of rotatable bonds is 4. The summed E-state index contributed by atoms with van der Waals surface area (Å²) in [5.41, 5.74) is 1.14. The molecule has 1 aromatic rings. The van der Waals surface area contributed by atoms with Gasteiger partial charge in [0, 0.05) is 19.1 Å². The molecule has 1 aliphatic heterocycles. The Morgan fingerprint density at radius 1 is 1.27 bits per heavy atom. The second kappa shape index (κ2) is 7.14. The molecule has 122 valence electrons. The first kappa shape index (κ1) is 16.8. The van der Waals surface area contributed by atoms with Crippen molar-refractivity contribution in [2.45, 2.75) is 45.1 Å². The molecule has 0 aromatic heterocycles. The summed E-state index contributed by atoms with van der Waals surface area (Å²) in [5, 5.41) is 3.28. The standard InChI is InChI=1S/C18H28N2O2/c1-18(2,3)15-7-5-6-8-16(15)22-13-17(21)20-11-9-14(19-4)10-12-20/h5-8,14,19H,9-13H2,1-4H3. The number of likely N-dealkylation sites (tertiary alicyclic amines) is 1. The van der Waals surface area contributed by atoms with Crippen LogP contribution in [0.3, 0.4) is 0 Å². The van der Waals surface area contributed by atoms with Crippen LogP contribution in [0.15, 0.2) is 24.3 Å². The van der Waals surface area contributed by atoms with Gasteiger partial charge in [-0.1, -0.05) is 39.0 Å². The third-order valence-corrected chi connectivity index (χ3v) is 4.30. The van der Waals surface area contributed by atoms with Gasteiger partial charge in [-0.15, -0.1) is 0 Å². The smallest absolute Gasteiger partial charge is 0.260 e. The molecule has 4 nitrogen and oxygen atoms in total. The number of benzene rings is 1. The van der Waals surface area contributed by atoms with Crippen LogP contribution in [0.5, 0.6) is 5.75 Å². The molecule has 1 aliphatic rings. The molecular weight excluding hydrogens is 276 g/mol. The molecule has 0 spiro atoms. The van der Waals surface area contributed by atoms with Crippen LogP contribution in [-0.4, -0.2) is 43.6 Å². The minimum atomic E-state index is 0.00474. The Balaban J connectivity index is 1.92. The van der Waals surface area contributed by atoms with E-state index in [2.05, 4.69) is 32.2 Å². The van der Waals surface area contributed by atoms with Crippen molar-refractivity contribution in [3.05, 3.63) is 29.8 Å². The monoisotopic (exact) mass is 304 g/mol. The highest BCUT2D eigenvalue weighted by Gasteiger charge is 2.23. The van der Waals surface area contributed by atoms with Gasteiger partial charge < -0.3 is 15.0 Å². The number of hydrogen-bond acceptors (Lipinski definition) is 3. The van der Waals surface area contributed by atoms with Crippen LogP contribution in [-0.2, 0) is 10.2 Å². The molecule has 4 heteroatoms. The zero-order valence-electron chi connectivity index (χ0n) is 14.2. The lowest BCUT2D eigenvalue weighted by Crippen LogP contribution is -2.45. The Hall–Kier alpha value is -1.55. The van der Waals surface area contributed by atoms with Crippen LogP contribution >= 0.6 is 0 Å². The topological polar surface area (TPSA) is 41.6 Å².